The van der Waals surface area contributed by atoms with Gasteiger partial charge in [-0.1, -0.05) is 208 Å². The van der Waals surface area contributed by atoms with Crippen molar-refractivity contribution in [3.05, 3.63) is 0 Å². The summed E-state index contributed by atoms with van der Waals surface area (Å²) in [6.45, 7) is 13.6. The van der Waals surface area contributed by atoms with Gasteiger partial charge in [-0.05, 0) is 37.0 Å². The molecular formula is C47H90O6. The molecule has 0 N–H and O–H groups in total. The van der Waals surface area contributed by atoms with E-state index in [9.17, 15) is 14.4 Å². The molecule has 0 aromatic carbocycles. The van der Waals surface area contributed by atoms with E-state index < -0.39 is 6.10 Å². The number of carbonyl (C=O) groups is 3. The molecule has 314 valence electrons. The summed E-state index contributed by atoms with van der Waals surface area (Å²) in [7, 11) is 0. The molecule has 0 radical (unpaired) electrons. The highest BCUT2D eigenvalue weighted by Crippen LogP contribution is 2.17. The molecule has 53 heavy (non-hydrogen) atoms. The van der Waals surface area contributed by atoms with Crippen LogP contribution in [0.1, 0.15) is 247 Å². The Kier molecular flexibility index (Phi) is 37.5. The van der Waals surface area contributed by atoms with Crippen LogP contribution in [0.4, 0.5) is 0 Å². The number of rotatable bonds is 40. The molecule has 0 heterocycles. The van der Waals surface area contributed by atoms with Crippen molar-refractivity contribution in [1.29, 1.82) is 0 Å². The zero-order valence-corrected chi connectivity index (χ0v) is 36.3. The molecule has 0 aliphatic heterocycles. The summed E-state index contributed by atoms with van der Waals surface area (Å²) in [6.07, 6.45) is 35.2. The van der Waals surface area contributed by atoms with Gasteiger partial charge in [-0.3, -0.25) is 14.4 Å². The standard InChI is InChI=1S/C47H90O6/c1-7-43(6)35-29-23-19-20-26-32-38-47(50)53-44(40-52-46(49)37-31-25-18-14-13-16-22-28-34-42(4)5)39-51-45(48)36-30-24-17-12-10-8-9-11-15-21-27-33-41(2)3/h41-44H,7-40H2,1-6H3/t43?,44-/m1/s1. The molecule has 0 saturated heterocycles. The van der Waals surface area contributed by atoms with Crippen molar-refractivity contribution in [2.45, 2.75) is 253 Å². The Morgan fingerprint density at radius 2 is 0.660 bits per heavy atom. The Balaban J connectivity index is 4.33. The zero-order chi connectivity index (χ0) is 39.2. The maximum absolute atomic E-state index is 12.7. The fourth-order valence-electron chi connectivity index (χ4n) is 6.85. The quantitative estimate of drug-likeness (QED) is 0.0352. The summed E-state index contributed by atoms with van der Waals surface area (Å²) in [4.78, 5) is 37.7. The van der Waals surface area contributed by atoms with Gasteiger partial charge < -0.3 is 14.2 Å². The second-order valence-corrected chi connectivity index (χ2v) is 17.2. The first kappa shape index (κ1) is 51.4. The van der Waals surface area contributed by atoms with Gasteiger partial charge >= 0.3 is 17.9 Å². The summed E-state index contributed by atoms with van der Waals surface area (Å²) in [5, 5.41) is 0. The average Bonchev–Trinajstić information content (AvgIpc) is 3.12. The highest BCUT2D eigenvalue weighted by Gasteiger charge is 2.19. The Morgan fingerprint density at radius 1 is 0.377 bits per heavy atom. The lowest BCUT2D eigenvalue weighted by Crippen LogP contribution is -2.30. The fourth-order valence-corrected chi connectivity index (χ4v) is 6.85. The molecule has 0 aromatic heterocycles. The van der Waals surface area contributed by atoms with E-state index in [4.69, 9.17) is 14.2 Å². The largest absolute Gasteiger partial charge is 0.462 e. The van der Waals surface area contributed by atoms with Crippen LogP contribution in [-0.2, 0) is 28.6 Å². The van der Waals surface area contributed by atoms with E-state index in [0.29, 0.717) is 19.3 Å². The Hall–Kier alpha value is -1.59. The van der Waals surface area contributed by atoms with Gasteiger partial charge in [-0.15, -0.1) is 0 Å². The van der Waals surface area contributed by atoms with E-state index in [1.165, 1.54) is 128 Å². The monoisotopic (exact) mass is 751 g/mol. The molecule has 0 aliphatic carbocycles. The van der Waals surface area contributed by atoms with Crippen LogP contribution in [0.3, 0.4) is 0 Å². The van der Waals surface area contributed by atoms with E-state index >= 15 is 0 Å². The number of esters is 3. The number of carbonyl (C=O) groups excluding carboxylic acids is 3. The summed E-state index contributed by atoms with van der Waals surface area (Å²) >= 11 is 0. The van der Waals surface area contributed by atoms with Gasteiger partial charge in [0.05, 0.1) is 0 Å². The molecule has 0 fully saturated rings. The lowest BCUT2D eigenvalue weighted by Gasteiger charge is -2.18. The minimum Gasteiger partial charge on any atom is -0.462 e. The summed E-state index contributed by atoms with van der Waals surface area (Å²) in [5.41, 5.74) is 0. The molecule has 0 rings (SSSR count). The van der Waals surface area contributed by atoms with Gasteiger partial charge in [0.15, 0.2) is 6.10 Å². The van der Waals surface area contributed by atoms with Crippen LogP contribution < -0.4 is 0 Å². The van der Waals surface area contributed by atoms with Gasteiger partial charge in [0, 0.05) is 19.3 Å². The number of hydrogen-bond donors (Lipinski definition) is 0. The van der Waals surface area contributed by atoms with Crippen molar-refractivity contribution in [2.75, 3.05) is 13.2 Å². The number of unbranched alkanes of at least 4 members (excludes halogenated alkanes) is 22. The van der Waals surface area contributed by atoms with Crippen LogP contribution in [-0.4, -0.2) is 37.2 Å². The lowest BCUT2D eigenvalue weighted by atomic mass is 10.00. The van der Waals surface area contributed by atoms with E-state index in [-0.39, 0.29) is 31.1 Å². The van der Waals surface area contributed by atoms with Crippen molar-refractivity contribution >= 4 is 17.9 Å². The van der Waals surface area contributed by atoms with Crippen LogP contribution in [0.15, 0.2) is 0 Å². The number of ether oxygens (including phenoxy) is 3. The van der Waals surface area contributed by atoms with Gasteiger partial charge in [-0.25, -0.2) is 0 Å². The molecule has 6 nitrogen and oxygen atoms in total. The maximum atomic E-state index is 12.7. The summed E-state index contributed by atoms with van der Waals surface area (Å²) in [5.74, 6) is 1.57. The summed E-state index contributed by atoms with van der Waals surface area (Å²) in [6, 6.07) is 0. The molecule has 1 unspecified atom stereocenters. The smallest absolute Gasteiger partial charge is 0.306 e. The van der Waals surface area contributed by atoms with Crippen LogP contribution in [0.25, 0.3) is 0 Å². The highest BCUT2D eigenvalue weighted by atomic mass is 16.6. The topological polar surface area (TPSA) is 78.9 Å². The second-order valence-electron chi connectivity index (χ2n) is 17.2. The Morgan fingerprint density at radius 3 is 0.981 bits per heavy atom. The van der Waals surface area contributed by atoms with Gasteiger partial charge in [0.2, 0.25) is 0 Å². The zero-order valence-electron chi connectivity index (χ0n) is 36.3. The van der Waals surface area contributed by atoms with Crippen LogP contribution in [0, 0.1) is 17.8 Å². The first-order valence-corrected chi connectivity index (χ1v) is 23.1. The molecule has 0 aliphatic rings. The lowest BCUT2D eigenvalue weighted by molar-refractivity contribution is -0.167. The molecule has 2 atom stereocenters. The van der Waals surface area contributed by atoms with Crippen molar-refractivity contribution < 1.29 is 28.6 Å². The highest BCUT2D eigenvalue weighted by molar-refractivity contribution is 5.71. The van der Waals surface area contributed by atoms with Gasteiger partial charge in [-0.2, -0.15) is 0 Å². The minimum atomic E-state index is -0.762. The molecule has 0 aromatic rings. The van der Waals surface area contributed by atoms with Crippen LogP contribution in [0.2, 0.25) is 0 Å². The van der Waals surface area contributed by atoms with E-state index in [2.05, 4.69) is 41.5 Å². The average molecular weight is 751 g/mol. The molecule has 0 amide bonds. The Labute approximate surface area is 329 Å². The van der Waals surface area contributed by atoms with Crippen molar-refractivity contribution in [2.24, 2.45) is 17.8 Å². The van der Waals surface area contributed by atoms with Crippen molar-refractivity contribution in [3.63, 3.8) is 0 Å². The predicted octanol–water partition coefficient (Wildman–Crippen LogP) is 14.4. The minimum absolute atomic E-state index is 0.0668. The predicted molar refractivity (Wildman–Crippen MR) is 224 cm³/mol. The fraction of sp³-hybridized carbons (Fsp3) is 0.936. The van der Waals surface area contributed by atoms with Crippen LogP contribution >= 0.6 is 0 Å². The van der Waals surface area contributed by atoms with Gasteiger partial charge in [0.25, 0.3) is 0 Å². The SMILES string of the molecule is CCC(C)CCCCCCCCC(=O)O[C@H](COC(=O)CCCCCCCCCCCCCC(C)C)COC(=O)CCCCCCCCCCC(C)C. The van der Waals surface area contributed by atoms with E-state index in [0.717, 1.165) is 75.5 Å². The molecule has 6 heteroatoms. The van der Waals surface area contributed by atoms with Gasteiger partial charge in [0.1, 0.15) is 13.2 Å². The first-order valence-electron chi connectivity index (χ1n) is 23.1. The molecule has 0 bridgehead atoms. The third kappa shape index (κ3) is 39.9. The van der Waals surface area contributed by atoms with Crippen molar-refractivity contribution in [3.8, 4) is 0 Å². The Bertz CT molecular complexity index is 824. The van der Waals surface area contributed by atoms with E-state index in [1.807, 2.05) is 0 Å². The third-order valence-corrected chi connectivity index (χ3v) is 10.8. The second kappa shape index (κ2) is 38.7. The molecular weight excluding hydrogens is 661 g/mol. The normalized spacial score (nSPS) is 12.7. The van der Waals surface area contributed by atoms with Crippen molar-refractivity contribution in [1.82, 2.24) is 0 Å². The first-order chi connectivity index (χ1) is 25.6. The third-order valence-electron chi connectivity index (χ3n) is 10.8. The van der Waals surface area contributed by atoms with Crippen LogP contribution in [0.5, 0.6) is 0 Å². The molecule has 0 spiro atoms. The maximum Gasteiger partial charge on any atom is 0.306 e. The summed E-state index contributed by atoms with van der Waals surface area (Å²) < 4.78 is 16.7. The number of hydrogen-bond acceptors (Lipinski definition) is 6. The molecule has 0 saturated carbocycles. The van der Waals surface area contributed by atoms with E-state index in [1.54, 1.807) is 0 Å².